The molecule has 0 spiro atoms. The minimum absolute atomic E-state index is 0.0594. The predicted octanol–water partition coefficient (Wildman–Crippen LogP) is 1.56. The number of amides is 1. The third kappa shape index (κ3) is 5.07. The second-order valence-corrected chi connectivity index (χ2v) is 6.64. The van der Waals surface area contributed by atoms with E-state index >= 15 is 0 Å². The van der Waals surface area contributed by atoms with Crippen LogP contribution in [0.2, 0.25) is 0 Å². The fraction of sp³-hybridized carbons (Fsp3) is 0.500. The highest BCUT2D eigenvalue weighted by Crippen LogP contribution is 2.26. The van der Waals surface area contributed by atoms with E-state index in [1.807, 2.05) is 24.3 Å². The number of nitriles is 1. The molecule has 0 aliphatic carbocycles. The van der Waals surface area contributed by atoms with E-state index in [1.54, 1.807) is 0 Å². The fourth-order valence-electron chi connectivity index (χ4n) is 2.79. The van der Waals surface area contributed by atoms with Crippen LogP contribution in [-0.2, 0) is 4.79 Å². The maximum absolute atomic E-state index is 12.2. The summed E-state index contributed by atoms with van der Waals surface area (Å²) in [6, 6.07) is 9.77. The zero-order chi connectivity index (χ0) is 15.1. The van der Waals surface area contributed by atoms with Crippen molar-refractivity contribution in [2.45, 2.75) is 24.7 Å². The largest absolute Gasteiger partial charge is 0.327 e. The van der Waals surface area contributed by atoms with E-state index in [4.69, 9.17) is 5.26 Å². The molecule has 1 saturated heterocycles. The van der Waals surface area contributed by atoms with Gasteiger partial charge in [-0.05, 0) is 25.0 Å². The lowest BCUT2D eigenvalue weighted by molar-refractivity contribution is -0.900. The van der Waals surface area contributed by atoms with Crippen LogP contribution in [0.3, 0.4) is 0 Å². The molecule has 2 N–H and O–H groups in total. The molecular formula is C16H22N3OS+. The Labute approximate surface area is 130 Å². The molecule has 1 heterocycles. The number of anilines is 1. The lowest BCUT2D eigenvalue weighted by atomic mass is 10.0. The molecule has 0 saturated carbocycles. The van der Waals surface area contributed by atoms with Gasteiger partial charge >= 0.3 is 0 Å². The van der Waals surface area contributed by atoms with Gasteiger partial charge in [-0.3, -0.25) is 4.79 Å². The summed E-state index contributed by atoms with van der Waals surface area (Å²) in [4.78, 5) is 14.5. The van der Waals surface area contributed by atoms with E-state index in [2.05, 4.69) is 18.3 Å². The summed E-state index contributed by atoms with van der Waals surface area (Å²) in [5, 5.41) is 11.7. The topological polar surface area (TPSA) is 57.3 Å². The van der Waals surface area contributed by atoms with Gasteiger partial charge in [-0.15, -0.1) is 11.8 Å². The van der Waals surface area contributed by atoms with Crippen LogP contribution in [0.15, 0.2) is 29.2 Å². The second-order valence-electron chi connectivity index (χ2n) is 5.62. The number of nitrogens with zero attached hydrogens (tertiary/aromatic N) is 1. The molecule has 2 atom stereocenters. The van der Waals surface area contributed by atoms with E-state index in [1.165, 1.54) is 29.5 Å². The lowest BCUT2D eigenvalue weighted by Crippen LogP contribution is -3.14. The van der Waals surface area contributed by atoms with E-state index in [-0.39, 0.29) is 5.91 Å². The van der Waals surface area contributed by atoms with E-state index in [0.29, 0.717) is 18.2 Å². The van der Waals surface area contributed by atoms with Crippen molar-refractivity contribution in [3.05, 3.63) is 24.3 Å². The number of benzene rings is 1. The van der Waals surface area contributed by atoms with E-state index < -0.39 is 0 Å². The number of carbonyl (C=O) groups excluding carboxylic acids is 1. The van der Waals surface area contributed by atoms with Gasteiger partial charge in [-0.25, -0.2) is 0 Å². The summed E-state index contributed by atoms with van der Waals surface area (Å²) in [6.07, 6.45) is 2.48. The highest BCUT2D eigenvalue weighted by atomic mass is 32.2. The smallest absolute Gasteiger partial charge is 0.279 e. The molecule has 0 bridgehead atoms. The summed E-state index contributed by atoms with van der Waals surface area (Å²) < 4.78 is 0. The number of likely N-dealkylation sites (tertiary alicyclic amines) is 1. The van der Waals surface area contributed by atoms with E-state index in [0.717, 1.165) is 23.7 Å². The molecule has 0 aromatic heterocycles. The van der Waals surface area contributed by atoms with Gasteiger partial charge in [0.1, 0.15) is 0 Å². The van der Waals surface area contributed by atoms with Crippen molar-refractivity contribution in [3.8, 4) is 6.07 Å². The zero-order valence-electron chi connectivity index (χ0n) is 12.4. The van der Waals surface area contributed by atoms with Gasteiger partial charge in [0.15, 0.2) is 6.54 Å². The third-order valence-electron chi connectivity index (χ3n) is 3.73. The predicted molar refractivity (Wildman–Crippen MR) is 85.4 cm³/mol. The van der Waals surface area contributed by atoms with Gasteiger partial charge in [0.25, 0.3) is 5.91 Å². The lowest BCUT2D eigenvalue weighted by Gasteiger charge is -2.27. The van der Waals surface area contributed by atoms with Crippen LogP contribution in [0.5, 0.6) is 0 Å². The number of piperidine rings is 1. The molecule has 1 fully saturated rings. The average molecular weight is 304 g/mol. The van der Waals surface area contributed by atoms with Gasteiger partial charge in [0.05, 0.1) is 30.6 Å². The van der Waals surface area contributed by atoms with Crippen LogP contribution < -0.4 is 10.2 Å². The molecule has 1 unspecified atom stereocenters. The Balaban J connectivity index is 1.91. The number of hydrogen-bond donors (Lipinski definition) is 2. The highest BCUT2D eigenvalue weighted by Gasteiger charge is 2.22. The molecule has 2 rings (SSSR count). The first-order chi connectivity index (χ1) is 10.2. The summed E-state index contributed by atoms with van der Waals surface area (Å²) in [5.74, 6) is 1.16. The fourth-order valence-corrected chi connectivity index (χ4v) is 3.45. The average Bonchev–Trinajstić information content (AvgIpc) is 2.46. The number of hydrogen-bond acceptors (Lipinski definition) is 3. The molecule has 21 heavy (non-hydrogen) atoms. The van der Waals surface area contributed by atoms with Crippen LogP contribution in [0.1, 0.15) is 19.8 Å². The van der Waals surface area contributed by atoms with Crippen molar-refractivity contribution in [2.24, 2.45) is 5.92 Å². The molecule has 5 heteroatoms. The Morgan fingerprint density at radius 2 is 2.33 bits per heavy atom. The molecule has 1 amide bonds. The van der Waals surface area contributed by atoms with Crippen LogP contribution >= 0.6 is 11.8 Å². The number of rotatable bonds is 5. The number of quaternary nitrogens is 1. The molecular weight excluding hydrogens is 282 g/mol. The quantitative estimate of drug-likeness (QED) is 0.812. The third-order valence-corrected chi connectivity index (χ3v) is 4.67. The molecule has 0 radical (unpaired) electrons. The maximum atomic E-state index is 12.2. The molecule has 1 aromatic rings. The van der Waals surface area contributed by atoms with Crippen molar-refractivity contribution in [3.63, 3.8) is 0 Å². The number of nitrogens with one attached hydrogen (secondary N) is 2. The Kier molecular flexibility index (Phi) is 6.09. The number of para-hydroxylation sites is 1. The van der Waals surface area contributed by atoms with Crippen LogP contribution in [0, 0.1) is 17.2 Å². The Morgan fingerprint density at radius 1 is 1.52 bits per heavy atom. The van der Waals surface area contributed by atoms with Gasteiger partial charge in [-0.1, -0.05) is 19.1 Å². The zero-order valence-corrected chi connectivity index (χ0v) is 13.2. The van der Waals surface area contributed by atoms with Gasteiger partial charge in [0, 0.05) is 10.8 Å². The normalized spacial score (nSPS) is 21.5. The van der Waals surface area contributed by atoms with Crippen LogP contribution in [-0.4, -0.2) is 31.3 Å². The first kappa shape index (κ1) is 15.9. The SMILES string of the molecule is C[C@H]1CCC[NH+](CC(=O)Nc2ccccc2SCC#N)C1. The van der Waals surface area contributed by atoms with Crippen molar-refractivity contribution in [1.29, 1.82) is 5.26 Å². The molecule has 112 valence electrons. The summed E-state index contributed by atoms with van der Waals surface area (Å²) in [7, 11) is 0. The van der Waals surface area contributed by atoms with Crippen molar-refractivity contribution in [1.82, 2.24) is 0 Å². The number of carbonyl (C=O) groups is 1. The molecule has 1 aliphatic heterocycles. The maximum Gasteiger partial charge on any atom is 0.279 e. The van der Waals surface area contributed by atoms with Gasteiger partial charge in [-0.2, -0.15) is 5.26 Å². The van der Waals surface area contributed by atoms with Crippen molar-refractivity contribution >= 4 is 23.4 Å². The van der Waals surface area contributed by atoms with Crippen molar-refractivity contribution in [2.75, 3.05) is 30.7 Å². The summed E-state index contributed by atoms with van der Waals surface area (Å²) in [5.41, 5.74) is 0.812. The second kappa shape index (κ2) is 8.06. The Bertz CT molecular complexity index is 526. The standard InChI is InChI=1S/C16H21N3OS/c1-13-5-4-9-19(11-13)12-16(20)18-14-6-2-3-7-15(14)21-10-8-17/h2-3,6-7,13H,4-5,9-12H2,1H3,(H,18,20)/p+1/t13-/m0/s1. The minimum atomic E-state index is 0.0594. The molecule has 4 nitrogen and oxygen atoms in total. The van der Waals surface area contributed by atoms with Gasteiger partial charge in [0.2, 0.25) is 0 Å². The highest BCUT2D eigenvalue weighted by molar-refractivity contribution is 7.99. The van der Waals surface area contributed by atoms with Crippen LogP contribution in [0.4, 0.5) is 5.69 Å². The molecule has 1 aliphatic rings. The number of thioether (sulfide) groups is 1. The Hall–Kier alpha value is -1.51. The molecule has 1 aromatic carbocycles. The Morgan fingerprint density at radius 3 is 3.10 bits per heavy atom. The minimum Gasteiger partial charge on any atom is -0.327 e. The van der Waals surface area contributed by atoms with Crippen LogP contribution in [0.25, 0.3) is 0 Å². The van der Waals surface area contributed by atoms with Gasteiger partial charge < -0.3 is 10.2 Å². The first-order valence-electron chi connectivity index (χ1n) is 7.41. The monoisotopic (exact) mass is 304 g/mol. The first-order valence-corrected chi connectivity index (χ1v) is 8.40. The van der Waals surface area contributed by atoms with E-state index in [9.17, 15) is 4.79 Å². The summed E-state index contributed by atoms with van der Waals surface area (Å²) >= 11 is 1.45. The van der Waals surface area contributed by atoms with Crippen molar-refractivity contribution < 1.29 is 9.69 Å². The summed E-state index contributed by atoms with van der Waals surface area (Å²) in [6.45, 7) is 4.95.